The molecule has 20 heteroatoms. The maximum atomic E-state index is 14.7. The van der Waals surface area contributed by atoms with Gasteiger partial charge < -0.3 is 49.3 Å². The number of hydrogen-bond acceptors (Lipinski definition) is 14. The van der Waals surface area contributed by atoms with Crippen molar-refractivity contribution >= 4 is 71.9 Å². The van der Waals surface area contributed by atoms with Crippen LogP contribution in [0, 0.1) is 0 Å². The van der Waals surface area contributed by atoms with Gasteiger partial charge in [0.25, 0.3) is 14.7 Å². The highest BCUT2D eigenvalue weighted by Crippen LogP contribution is 2.45. The zero-order valence-electron chi connectivity index (χ0n) is 42.2. The molecule has 8 bridgehead atoms. The number of rotatable bonds is 10. The molecular weight excluding hydrogens is 1010 g/mol. The molecule has 0 radical (unpaired) electrons. The monoisotopic (exact) mass is 1070 g/mol. The Bertz CT molecular complexity index is 2860. The normalized spacial score (nSPS) is 21.1. The smallest absolute Gasteiger partial charge is 0.408 e. The molecule has 4 amide bonds. The van der Waals surface area contributed by atoms with E-state index in [0.29, 0.717) is 54.6 Å². The second kappa shape index (κ2) is 26.1. The number of nitrogens with one attached hydrogen (secondary N) is 4. The van der Waals surface area contributed by atoms with Crippen LogP contribution in [0.25, 0.3) is 0 Å². The molecule has 0 saturated carbocycles. The molecule has 0 aromatic heterocycles. The van der Waals surface area contributed by atoms with E-state index in [4.69, 9.17) is 28.0 Å². The van der Waals surface area contributed by atoms with Gasteiger partial charge in [-0.1, -0.05) is 109 Å². The quantitative estimate of drug-likeness (QED) is 0.0782. The standard InChI is InChI=1S/C56H58N4O14P2/c1-69-53(63)49-33-39-19-27-45(28-20-39)75(67,71-3)43-25-17-38(18-26-43)32-48(60-56(66)74-36-42-13-9-6-10-14-42)52(62)58-50(54(64)70-2)34-40-21-29-46(30-22-40)76(68,72-4)44-23-15-37(16-24-44)31-47(51(61)57-49)59-55(65)73-35-41-11-7-5-8-12-41/h5-30,47-50H,31-36H2,1-4H3,(H,57,61)(H,58,62)(H,59,65)(H,60,66)/t47-,48-,49-,50-,75?,76?/m0/s1. The van der Waals surface area contributed by atoms with Crippen LogP contribution >= 0.6 is 14.7 Å². The highest BCUT2D eigenvalue weighted by Gasteiger charge is 2.33. The van der Waals surface area contributed by atoms with Gasteiger partial charge in [0.2, 0.25) is 11.8 Å². The van der Waals surface area contributed by atoms with Crippen molar-refractivity contribution in [3.8, 4) is 0 Å². The molecule has 6 atom stereocenters. The fraction of sp³-hybridized carbons (Fsp3) is 0.250. The van der Waals surface area contributed by atoms with Crippen LogP contribution in [0.4, 0.5) is 9.59 Å². The molecule has 6 aromatic rings. The largest absolute Gasteiger partial charge is 0.467 e. The average Bonchev–Trinajstić information content (AvgIpc) is 3.45. The number of alkyl carbamates (subject to hydrolysis) is 2. The Morgan fingerprint density at radius 3 is 1.01 bits per heavy atom. The lowest BCUT2D eigenvalue weighted by molar-refractivity contribution is -0.145. The second-order valence-corrected chi connectivity index (χ2v) is 22.6. The van der Waals surface area contributed by atoms with Gasteiger partial charge in [-0.25, -0.2) is 19.2 Å². The van der Waals surface area contributed by atoms with E-state index in [-0.39, 0.29) is 38.9 Å². The van der Waals surface area contributed by atoms with E-state index >= 15 is 0 Å². The van der Waals surface area contributed by atoms with Crippen LogP contribution in [0.3, 0.4) is 0 Å². The van der Waals surface area contributed by atoms with E-state index in [9.17, 15) is 37.9 Å². The van der Waals surface area contributed by atoms with Gasteiger partial charge in [0.05, 0.1) is 14.2 Å². The van der Waals surface area contributed by atoms with Gasteiger partial charge in [0, 0.05) is 61.1 Å². The summed E-state index contributed by atoms with van der Waals surface area (Å²) in [4.78, 5) is 81.5. The number of amides is 4. The summed E-state index contributed by atoms with van der Waals surface area (Å²) in [5, 5.41) is 11.9. The van der Waals surface area contributed by atoms with Crippen LogP contribution in [0.5, 0.6) is 0 Å². The molecule has 18 nitrogen and oxygen atoms in total. The van der Waals surface area contributed by atoms with Crippen LogP contribution in [0.15, 0.2) is 158 Å². The number of carbonyl (C=O) groups excluding carboxylic acids is 6. The lowest BCUT2D eigenvalue weighted by atomic mass is 10.0. The summed E-state index contributed by atoms with van der Waals surface area (Å²) >= 11 is 0. The molecule has 0 fully saturated rings. The maximum absolute atomic E-state index is 14.7. The van der Waals surface area contributed by atoms with Crippen molar-refractivity contribution in [2.75, 3.05) is 28.4 Å². The summed E-state index contributed by atoms with van der Waals surface area (Å²) in [7, 11) is -2.54. The average molecular weight is 1070 g/mol. The first-order valence-corrected chi connectivity index (χ1v) is 27.3. The minimum absolute atomic E-state index is 0.0687. The summed E-state index contributed by atoms with van der Waals surface area (Å²) < 4.78 is 61.8. The van der Waals surface area contributed by atoms with Crippen molar-refractivity contribution in [1.29, 1.82) is 0 Å². The number of ether oxygens (including phenoxy) is 4. The predicted molar refractivity (Wildman–Crippen MR) is 283 cm³/mol. The lowest BCUT2D eigenvalue weighted by Gasteiger charge is -2.24. The first-order valence-electron chi connectivity index (χ1n) is 24.0. The van der Waals surface area contributed by atoms with Crippen molar-refractivity contribution < 1.29 is 65.9 Å². The Balaban J connectivity index is 1.23. The number of methoxy groups -OCH3 is 2. The summed E-state index contributed by atoms with van der Waals surface area (Å²) in [6, 6.07) is 38.6. The molecule has 4 N–H and O–H groups in total. The molecule has 0 aliphatic carbocycles. The Labute approximate surface area is 440 Å². The Kier molecular flexibility index (Phi) is 19.2. The number of esters is 2. The minimum Gasteiger partial charge on any atom is -0.467 e. The van der Waals surface area contributed by atoms with E-state index in [1.54, 1.807) is 146 Å². The zero-order chi connectivity index (χ0) is 54.2. The summed E-state index contributed by atoms with van der Waals surface area (Å²) in [6.45, 7) is -0.164. The summed E-state index contributed by atoms with van der Waals surface area (Å²) in [6.07, 6.45) is -2.12. The highest BCUT2D eigenvalue weighted by molar-refractivity contribution is 7.74. The van der Waals surface area contributed by atoms with E-state index in [1.165, 1.54) is 28.4 Å². The third kappa shape index (κ3) is 14.3. The van der Waals surface area contributed by atoms with E-state index < -0.39 is 74.8 Å². The summed E-state index contributed by atoms with van der Waals surface area (Å²) in [5.41, 5.74) is 3.58. The van der Waals surface area contributed by atoms with E-state index in [1.807, 2.05) is 12.1 Å². The van der Waals surface area contributed by atoms with Gasteiger partial charge in [0.1, 0.15) is 37.4 Å². The zero-order valence-corrected chi connectivity index (χ0v) is 44.0. The van der Waals surface area contributed by atoms with Crippen molar-refractivity contribution in [2.45, 2.75) is 63.1 Å². The SMILES string of the molecule is COC(=O)[C@@H]1Cc2ccc(cc2)P(=O)(OC)c2ccc(cc2)C[C@H](NC(=O)OCc2ccccc2)C(=O)N[C@H](C(=O)OC)Cc2ccc(cc2)P(=O)(OC)c2ccc(cc2)C[C@H](NC(=O)OCc2ccccc2)C(=O)N1. The van der Waals surface area contributed by atoms with E-state index in [0.717, 1.165) is 0 Å². The van der Waals surface area contributed by atoms with Crippen LogP contribution in [-0.2, 0) is 95.2 Å². The van der Waals surface area contributed by atoms with Gasteiger partial charge >= 0.3 is 24.1 Å². The molecule has 0 saturated heterocycles. The summed E-state index contributed by atoms with van der Waals surface area (Å²) in [5.74, 6) is -3.01. The topological polar surface area (TPSA) is 240 Å². The van der Waals surface area contributed by atoms with Crippen molar-refractivity contribution in [1.82, 2.24) is 21.3 Å². The van der Waals surface area contributed by atoms with Crippen LogP contribution in [-0.4, -0.2) is 88.5 Å². The Morgan fingerprint density at radius 1 is 0.447 bits per heavy atom. The number of hydrogen-bond donors (Lipinski definition) is 4. The van der Waals surface area contributed by atoms with Crippen LogP contribution in [0.2, 0.25) is 0 Å². The lowest BCUT2D eigenvalue weighted by Crippen LogP contribution is -2.53. The molecule has 6 aromatic carbocycles. The molecule has 7 aliphatic heterocycles. The van der Waals surface area contributed by atoms with Gasteiger partial charge in [-0.05, 0) is 81.9 Å². The molecule has 7 heterocycles. The first-order chi connectivity index (χ1) is 36.6. The molecule has 396 valence electrons. The van der Waals surface area contributed by atoms with Gasteiger partial charge in [-0.15, -0.1) is 0 Å². The molecule has 76 heavy (non-hydrogen) atoms. The predicted octanol–water partition coefficient (Wildman–Crippen LogP) is 5.23. The van der Waals surface area contributed by atoms with E-state index in [2.05, 4.69) is 21.3 Å². The molecule has 13 rings (SSSR count). The number of carbonyl (C=O) groups is 6. The third-order valence-corrected chi connectivity index (χ3v) is 17.6. The molecule has 7 aliphatic rings. The first kappa shape index (κ1) is 55.9. The van der Waals surface area contributed by atoms with Crippen molar-refractivity contribution in [2.24, 2.45) is 0 Å². The second-order valence-electron chi connectivity index (χ2n) is 17.6. The third-order valence-electron chi connectivity index (χ3n) is 12.6. The minimum atomic E-state index is -3.76. The Hall–Kier alpha value is -7.88. The highest BCUT2D eigenvalue weighted by atomic mass is 31.2. The molecule has 2 unspecified atom stereocenters. The van der Waals surface area contributed by atoms with Gasteiger partial charge in [-0.2, -0.15) is 0 Å². The fourth-order valence-electron chi connectivity index (χ4n) is 8.42. The molecular formula is C56H58N4O14P2. The molecule has 0 spiro atoms. The fourth-order valence-corrected chi connectivity index (χ4v) is 12.0. The van der Waals surface area contributed by atoms with Gasteiger partial charge in [-0.3, -0.25) is 18.7 Å². The van der Waals surface area contributed by atoms with Crippen molar-refractivity contribution in [3.63, 3.8) is 0 Å². The number of benzene rings is 6. The Morgan fingerprint density at radius 2 is 0.737 bits per heavy atom. The van der Waals surface area contributed by atoms with Gasteiger partial charge in [0.15, 0.2) is 0 Å². The van der Waals surface area contributed by atoms with Crippen LogP contribution in [0.1, 0.15) is 33.4 Å². The van der Waals surface area contributed by atoms with Crippen LogP contribution < -0.4 is 42.5 Å². The van der Waals surface area contributed by atoms with Crippen molar-refractivity contribution in [3.05, 3.63) is 191 Å². The maximum Gasteiger partial charge on any atom is 0.408 e.